The molecule has 1 aliphatic carbocycles. The first kappa shape index (κ1) is 14.2. The summed E-state index contributed by atoms with van der Waals surface area (Å²) >= 11 is 0. The van der Waals surface area contributed by atoms with Crippen molar-refractivity contribution in [3.05, 3.63) is 24.3 Å². The number of hydrogen-bond donors (Lipinski definition) is 1. The van der Waals surface area contributed by atoms with Crippen molar-refractivity contribution < 1.29 is 21.6 Å². The van der Waals surface area contributed by atoms with Crippen LogP contribution in [0, 0.1) is 5.92 Å². The van der Waals surface area contributed by atoms with Crippen LogP contribution in [0.15, 0.2) is 29.2 Å². The molecule has 0 amide bonds. The largest absolute Gasteiger partial charge is 0.501 e. The number of anilines is 1. The van der Waals surface area contributed by atoms with Gasteiger partial charge < -0.3 is 5.32 Å². The van der Waals surface area contributed by atoms with Gasteiger partial charge in [0.1, 0.15) is 0 Å². The summed E-state index contributed by atoms with van der Waals surface area (Å²) in [6.45, 7) is 1.84. The first-order chi connectivity index (χ1) is 8.73. The minimum Gasteiger partial charge on any atom is -0.381 e. The highest BCUT2D eigenvalue weighted by Crippen LogP contribution is 2.37. The molecule has 1 saturated carbocycles. The molecule has 7 heteroatoms. The zero-order valence-corrected chi connectivity index (χ0v) is 11.1. The molecule has 1 aliphatic rings. The molecule has 0 saturated heterocycles. The maximum absolute atomic E-state index is 12.6. The van der Waals surface area contributed by atoms with E-state index in [1.165, 1.54) is 18.2 Å². The second-order valence-electron chi connectivity index (χ2n) is 4.72. The molecular weight excluding hydrogens is 279 g/mol. The highest BCUT2D eigenvalue weighted by molar-refractivity contribution is 7.92. The summed E-state index contributed by atoms with van der Waals surface area (Å²) in [7, 11) is -5.32. The monoisotopic (exact) mass is 293 g/mol. The Balaban J connectivity index is 2.36. The maximum atomic E-state index is 12.6. The van der Waals surface area contributed by atoms with E-state index in [9.17, 15) is 21.6 Å². The Labute approximate surface area is 109 Å². The fourth-order valence-electron chi connectivity index (χ4n) is 1.90. The Morgan fingerprint density at radius 2 is 1.84 bits per heavy atom. The molecule has 0 bridgehead atoms. The van der Waals surface area contributed by atoms with Crippen molar-refractivity contribution in [2.45, 2.75) is 36.2 Å². The van der Waals surface area contributed by atoms with Crippen LogP contribution in [-0.2, 0) is 9.84 Å². The van der Waals surface area contributed by atoms with Gasteiger partial charge in [0.15, 0.2) is 0 Å². The zero-order chi connectivity index (χ0) is 14.3. The van der Waals surface area contributed by atoms with Gasteiger partial charge in [-0.3, -0.25) is 0 Å². The normalized spacial score (nSPS) is 18.1. The van der Waals surface area contributed by atoms with Crippen molar-refractivity contribution in [2.24, 2.45) is 5.92 Å². The van der Waals surface area contributed by atoms with Crippen molar-refractivity contribution in [3.8, 4) is 0 Å². The van der Waals surface area contributed by atoms with E-state index in [1.807, 2.05) is 6.92 Å². The van der Waals surface area contributed by atoms with Crippen LogP contribution in [0.1, 0.15) is 19.8 Å². The molecule has 2 rings (SSSR count). The summed E-state index contributed by atoms with van der Waals surface area (Å²) in [4.78, 5) is -0.713. The fraction of sp³-hybridized carbons (Fsp3) is 0.500. The van der Waals surface area contributed by atoms with Gasteiger partial charge in [-0.1, -0.05) is 12.1 Å². The summed E-state index contributed by atoms with van der Waals surface area (Å²) in [5, 5.41) is 2.87. The van der Waals surface area contributed by atoms with Gasteiger partial charge in [0, 0.05) is 6.04 Å². The predicted octanol–water partition coefficient (Wildman–Crippen LogP) is 3.19. The van der Waals surface area contributed by atoms with Crippen molar-refractivity contribution in [2.75, 3.05) is 5.32 Å². The molecular formula is C12H14F3NO2S. The topological polar surface area (TPSA) is 46.2 Å². The van der Waals surface area contributed by atoms with Crippen LogP contribution in [0.3, 0.4) is 0 Å². The molecule has 1 N–H and O–H groups in total. The van der Waals surface area contributed by atoms with Gasteiger partial charge in [0.05, 0.1) is 10.6 Å². The minimum atomic E-state index is -5.32. The van der Waals surface area contributed by atoms with Crippen LogP contribution in [-0.4, -0.2) is 20.0 Å². The lowest BCUT2D eigenvalue weighted by Crippen LogP contribution is -2.26. The number of rotatable bonds is 4. The molecule has 3 nitrogen and oxygen atoms in total. The highest BCUT2D eigenvalue weighted by atomic mass is 32.2. The van der Waals surface area contributed by atoms with Crippen LogP contribution in [0.25, 0.3) is 0 Å². The van der Waals surface area contributed by atoms with Gasteiger partial charge in [0.25, 0.3) is 9.84 Å². The highest BCUT2D eigenvalue weighted by Gasteiger charge is 2.48. The summed E-state index contributed by atoms with van der Waals surface area (Å²) in [5.41, 5.74) is -5.27. The molecule has 106 valence electrons. The third-order valence-corrected chi connectivity index (χ3v) is 4.74. The number of alkyl halides is 3. The van der Waals surface area contributed by atoms with Crippen LogP contribution in [0.2, 0.25) is 0 Å². The van der Waals surface area contributed by atoms with E-state index in [0.29, 0.717) is 5.92 Å². The SMILES string of the molecule is CC(Nc1ccccc1S(=O)(=O)C(F)(F)F)C1CC1. The quantitative estimate of drug-likeness (QED) is 0.927. The lowest BCUT2D eigenvalue weighted by Gasteiger charge is -2.18. The summed E-state index contributed by atoms with van der Waals surface area (Å²) in [5.74, 6) is 0.404. The third-order valence-electron chi connectivity index (χ3n) is 3.19. The lowest BCUT2D eigenvalue weighted by molar-refractivity contribution is -0.0435. The van der Waals surface area contributed by atoms with Crippen molar-refractivity contribution in [1.82, 2.24) is 0 Å². The molecule has 0 aromatic heterocycles. The van der Waals surface area contributed by atoms with Crippen molar-refractivity contribution in [1.29, 1.82) is 0 Å². The molecule has 1 fully saturated rings. The van der Waals surface area contributed by atoms with Gasteiger partial charge in [-0.05, 0) is 37.8 Å². The van der Waals surface area contributed by atoms with Gasteiger partial charge >= 0.3 is 5.51 Å². The lowest BCUT2D eigenvalue weighted by atomic mass is 10.2. The Morgan fingerprint density at radius 1 is 1.26 bits per heavy atom. The van der Waals surface area contributed by atoms with Crippen molar-refractivity contribution >= 4 is 15.5 Å². The third kappa shape index (κ3) is 2.86. The minimum absolute atomic E-state index is 0.0132. The van der Waals surface area contributed by atoms with Gasteiger partial charge in [0.2, 0.25) is 0 Å². The standard InChI is InChI=1S/C12H14F3NO2S/c1-8(9-6-7-9)16-10-4-2-3-5-11(10)19(17,18)12(13,14)15/h2-5,8-9,16H,6-7H2,1H3. The summed E-state index contributed by atoms with van der Waals surface area (Å²) in [6.07, 6.45) is 2.03. The summed E-state index contributed by atoms with van der Waals surface area (Å²) < 4.78 is 60.7. The average Bonchev–Trinajstić information content (AvgIpc) is 3.11. The van der Waals surface area contributed by atoms with E-state index in [0.717, 1.165) is 18.9 Å². The molecule has 1 atom stereocenters. The van der Waals surface area contributed by atoms with E-state index >= 15 is 0 Å². The van der Waals surface area contributed by atoms with Gasteiger partial charge in [-0.2, -0.15) is 13.2 Å². The van der Waals surface area contributed by atoms with Crippen LogP contribution in [0.5, 0.6) is 0 Å². The number of halogens is 3. The number of sulfone groups is 1. The smallest absolute Gasteiger partial charge is 0.381 e. The van der Waals surface area contributed by atoms with Crippen LogP contribution >= 0.6 is 0 Å². The number of para-hydroxylation sites is 1. The van der Waals surface area contributed by atoms with Crippen molar-refractivity contribution in [3.63, 3.8) is 0 Å². The summed E-state index contributed by atoms with van der Waals surface area (Å²) in [6, 6.07) is 5.09. The maximum Gasteiger partial charge on any atom is 0.501 e. The predicted molar refractivity (Wildman–Crippen MR) is 65.5 cm³/mol. The zero-order valence-electron chi connectivity index (χ0n) is 10.2. The Morgan fingerprint density at radius 3 is 2.37 bits per heavy atom. The van der Waals surface area contributed by atoms with E-state index in [2.05, 4.69) is 5.32 Å². The van der Waals surface area contributed by atoms with Gasteiger partial charge in [-0.25, -0.2) is 8.42 Å². The first-order valence-corrected chi connectivity index (χ1v) is 7.38. The molecule has 0 spiro atoms. The molecule has 1 unspecified atom stereocenters. The van der Waals surface area contributed by atoms with E-state index in [1.54, 1.807) is 0 Å². The molecule has 0 aliphatic heterocycles. The molecule has 19 heavy (non-hydrogen) atoms. The first-order valence-electron chi connectivity index (χ1n) is 5.90. The molecule has 1 aromatic carbocycles. The van der Waals surface area contributed by atoms with Crippen LogP contribution in [0.4, 0.5) is 18.9 Å². The van der Waals surface area contributed by atoms with E-state index in [4.69, 9.17) is 0 Å². The average molecular weight is 293 g/mol. The number of nitrogens with one attached hydrogen (secondary N) is 1. The molecule has 0 radical (unpaired) electrons. The Kier molecular flexibility index (Phi) is 3.51. The number of benzene rings is 1. The van der Waals surface area contributed by atoms with E-state index < -0.39 is 20.2 Å². The Bertz CT molecular complexity index is 565. The molecule has 0 heterocycles. The van der Waals surface area contributed by atoms with Gasteiger partial charge in [-0.15, -0.1) is 0 Å². The second-order valence-corrected chi connectivity index (χ2v) is 6.63. The molecule has 1 aromatic rings. The van der Waals surface area contributed by atoms with Crippen LogP contribution < -0.4 is 5.32 Å². The second kappa shape index (κ2) is 4.70. The fourth-order valence-corrected chi connectivity index (χ4v) is 2.83. The van der Waals surface area contributed by atoms with E-state index in [-0.39, 0.29) is 11.7 Å². The Hall–Kier alpha value is -1.24. The number of hydrogen-bond acceptors (Lipinski definition) is 3.